The average Bonchev–Trinajstić information content (AvgIpc) is 2.42. The third kappa shape index (κ3) is 1.33. The van der Waals surface area contributed by atoms with Gasteiger partial charge < -0.3 is 15.6 Å². The number of nitrogens with zero attached hydrogens (tertiary/aromatic N) is 1. The third-order valence-electron chi connectivity index (χ3n) is 2.14. The lowest BCUT2D eigenvalue weighted by molar-refractivity contribution is 1.13. The van der Waals surface area contributed by atoms with E-state index in [4.69, 9.17) is 5.73 Å². The van der Waals surface area contributed by atoms with Crippen LogP contribution >= 0.6 is 0 Å². The first-order valence-electron chi connectivity index (χ1n) is 4.22. The number of nitrogen functional groups attached to an aromatic ring is 1. The summed E-state index contributed by atoms with van der Waals surface area (Å²) in [7, 11) is 4.05. The van der Waals surface area contributed by atoms with E-state index in [9.17, 15) is 0 Å². The van der Waals surface area contributed by atoms with Gasteiger partial charge in [0.2, 0.25) is 0 Å². The van der Waals surface area contributed by atoms with Crippen LogP contribution in [-0.2, 0) is 0 Å². The van der Waals surface area contributed by atoms with Gasteiger partial charge in [0.15, 0.2) is 0 Å². The van der Waals surface area contributed by atoms with E-state index in [1.165, 1.54) is 5.69 Å². The molecule has 0 saturated heterocycles. The Morgan fingerprint density at radius 2 is 2.00 bits per heavy atom. The molecular weight excluding hydrogens is 162 g/mol. The van der Waals surface area contributed by atoms with Crippen LogP contribution in [0.5, 0.6) is 0 Å². The number of aromatic nitrogens is 1. The largest absolute Gasteiger partial charge is 0.385 e. The van der Waals surface area contributed by atoms with E-state index >= 15 is 0 Å². The number of benzene rings is 1. The molecule has 0 unspecified atom stereocenters. The number of nitrogens with one attached hydrogen (secondary N) is 1. The number of aromatic amines is 1. The van der Waals surface area contributed by atoms with Crippen LogP contribution < -0.4 is 10.6 Å². The fourth-order valence-corrected chi connectivity index (χ4v) is 1.42. The molecule has 0 atom stereocenters. The Balaban J connectivity index is 2.61. The summed E-state index contributed by atoms with van der Waals surface area (Å²) < 4.78 is 0. The maximum Gasteiger partial charge on any atom is 0.101 e. The fourth-order valence-electron chi connectivity index (χ4n) is 1.42. The number of rotatable bonds is 1. The second-order valence-corrected chi connectivity index (χ2v) is 3.39. The van der Waals surface area contributed by atoms with Crippen LogP contribution in [0.2, 0.25) is 0 Å². The highest BCUT2D eigenvalue weighted by Gasteiger charge is 2.00. The SMILES string of the molecule is CN(C)c1ccc2[nH]c(N)cc2c1. The summed E-state index contributed by atoms with van der Waals surface area (Å²) in [6, 6.07) is 8.17. The molecule has 1 heterocycles. The van der Waals surface area contributed by atoms with Gasteiger partial charge in [0.1, 0.15) is 5.82 Å². The second kappa shape index (κ2) is 2.69. The Morgan fingerprint density at radius 3 is 2.69 bits per heavy atom. The Morgan fingerprint density at radius 1 is 1.23 bits per heavy atom. The van der Waals surface area contributed by atoms with Gasteiger partial charge in [-0.25, -0.2) is 0 Å². The minimum absolute atomic E-state index is 0.714. The van der Waals surface area contributed by atoms with Crippen LogP contribution in [0.1, 0.15) is 0 Å². The van der Waals surface area contributed by atoms with Gasteiger partial charge in [0.25, 0.3) is 0 Å². The zero-order valence-electron chi connectivity index (χ0n) is 7.83. The molecule has 13 heavy (non-hydrogen) atoms. The van der Waals surface area contributed by atoms with Crippen molar-refractivity contribution in [2.45, 2.75) is 0 Å². The molecular formula is C10H13N3. The van der Waals surface area contributed by atoms with Crippen molar-refractivity contribution in [2.75, 3.05) is 24.7 Å². The summed E-state index contributed by atoms with van der Waals surface area (Å²) in [6.45, 7) is 0. The minimum atomic E-state index is 0.714. The maximum absolute atomic E-state index is 5.65. The lowest BCUT2D eigenvalue weighted by atomic mass is 10.2. The molecule has 0 amide bonds. The van der Waals surface area contributed by atoms with Gasteiger partial charge in [-0.2, -0.15) is 0 Å². The summed E-state index contributed by atoms with van der Waals surface area (Å²) in [5.41, 5.74) is 7.92. The highest BCUT2D eigenvalue weighted by atomic mass is 15.1. The predicted molar refractivity (Wildman–Crippen MR) is 57.0 cm³/mol. The normalized spacial score (nSPS) is 10.6. The number of hydrogen-bond donors (Lipinski definition) is 2. The molecule has 0 fully saturated rings. The second-order valence-electron chi connectivity index (χ2n) is 3.39. The van der Waals surface area contributed by atoms with Gasteiger partial charge in [-0.05, 0) is 24.3 Å². The van der Waals surface area contributed by atoms with Crippen LogP contribution in [-0.4, -0.2) is 19.1 Å². The third-order valence-corrected chi connectivity index (χ3v) is 2.14. The fraction of sp³-hybridized carbons (Fsp3) is 0.200. The molecule has 0 saturated carbocycles. The topological polar surface area (TPSA) is 45.0 Å². The van der Waals surface area contributed by atoms with Crippen LogP contribution in [0.4, 0.5) is 11.5 Å². The summed E-state index contributed by atoms with van der Waals surface area (Å²) >= 11 is 0. The van der Waals surface area contributed by atoms with Crippen molar-refractivity contribution in [3.05, 3.63) is 24.3 Å². The molecule has 0 bridgehead atoms. The summed E-state index contributed by atoms with van der Waals surface area (Å²) in [5.74, 6) is 0.714. The molecule has 0 radical (unpaired) electrons. The van der Waals surface area contributed by atoms with Gasteiger partial charge >= 0.3 is 0 Å². The highest BCUT2D eigenvalue weighted by Crippen LogP contribution is 2.22. The predicted octanol–water partition coefficient (Wildman–Crippen LogP) is 1.82. The van der Waals surface area contributed by atoms with Crippen molar-refractivity contribution >= 4 is 22.4 Å². The van der Waals surface area contributed by atoms with E-state index in [1.54, 1.807) is 0 Å². The Labute approximate surface area is 77.2 Å². The highest BCUT2D eigenvalue weighted by molar-refractivity contribution is 5.86. The van der Waals surface area contributed by atoms with E-state index in [0.717, 1.165) is 10.9 Å². The Hall–Kier alpha value is -1.64. The number of fused-ring (bicyclic) bond motifs is 1. The average molecular weight is 175 g/mol. The smallest absolute Gasteiger partial charge is 0.101 e. The maximum atomic E-state index is 5.65. The quantitative estimate of drug-likeness (QED) is 0.694. The molecule has 3 nitrogen and oxygen atoms in total. The minimum Gasteiger partial charge on any atom is -0.385 e. The van der Waals surface area contributed by atoms with E-state index in [2.05, 4.69) is 22.0 Å². The van der Waals surface area contributed by atoms with Crippen molar-refractivity contribution in [3.63, 3.8) is 0 Å². The molecule has 0 spiro atoms. The molecule has 1 aromatic carbocycles. The van der Waals surface area contributed by atoms with Crippen molar-refractivity contribution in [2.24, 2.45) is 0 Å². The molecule has 68 valence electrons. The lowest BCUT2D eigenvalue weighted by Gasteiger charge is -2.11. The van der Waals surface area contributed by atoms with Gasteiger partial charge in [0, 0.05) is 30.7 Å². The number of hydrogen-bond acceptors (Lipinski definition) is 2. The standard InChI is InChI=1S/C10H13N3/c1-13(2)8-3-4-9-7(5-8)6-10(11)12-9/h3-6,12H,11H2,1-2H3. The first kappa shape index (κ1) is 7.98. The van der Waals surface area contributed by atoms with E-state index in [1.807, 2.05) is 26.2 Å². The van der Waals surface area contributed by atoms with Crippen LogP contribution in [0.3, 0.4) is 0 Å². The zero-order chi connectivity index (χ0) is 9.42. The van der Waals surface area contributed by atoms with E-state index in [-0.39, 0.29) is 0 Å². The molecule has 0 aliphatic rings. The van der Waals surface area contributed by atoms with Crippen molar-refractivity contribution < 1.29 is 0 Å². The lowest BCUT2D eigenvalue weighted by Crippen LogP contribution is -2.07. The molecule has 2 rings (SSSR count). The zero-order valence-corrected chi connectivity index (χ0v) is 7.83. The summed E-state index contributed by atoms with van der Waals surface area (Å²) in [5, 5.41) is 1.16. The Bertz CT molecular complexity index is 429. The van der Waals surface area contributed by atoms with Crippen LogP contribution in [0.15, 0.2) is 24.3 Å². The molecule has 1 aromatic heterocycles. The van der Waals surface area contributed by atoms with Gasteiger partial charge in [-0.15, -0.1) is 0 Å². The summed E-state index contributed by atoms with van der Waals surface area (Å²) in [4.78, 5) is 5.16. The van der Waals surface area contributed by atoms with Gasteiger partial charge in [-0.3, -0.25) is 0 Å². The first-order valence-corrected chi connectivity index (χ1v) is 4.22. The van der Waals surface area contributed by atoms with Gasteiger partial charge in [0.05, 0.1) is 0 Å². The molecule has 0 aliphatic carbocycles. The molecule has 0 aliphatic heterocycles. The molecule has 3 heteroatoms. The molecule has 2 aromatic rings. The monoisotopic (exact) mass is 175 g/mol. The van der Waals surface area contributed by atoms with Crippen LogP contribution in [0, 0.1) is 0 Å². The van der Waals surface area contributed by atoms with Crippen LogP contribution in [0.25, 0.3) is 10.9 Å². The molecule has 3 N–H and O–H groups in total. The van der Waals surface area contributed by atoms with E-state index < -0.39 is 0 Å². The van der Waals surface area contributed by atoms with Crippen molar-refractivity contribution in [1.29, 1.82) is 0 Å². The first-order chi connectivity index (χ1) is 6.16. The summed E-state index contributed by atoms with van der Waals surface area (Å²) in [6.07, 6.45) is 0. The van der Waals surface area contributed by atoms with Gasteiger partial charge in [-0.1, -0.05) is 0 Å². The number of anilines is 2. The number of H-pyrrole nitrogens is 1. The Kier molecular flexibility index (Phi) is 1.65. The van der Waals surface area contributed by atoms with Crippen molar-refractivity contribution in [3.8, 4) is 0 Å². The number of nitrogens with two attached hydrogens (primary N) is 1. The van der Waals surface area contributed by atoms with E-state index in [0.29, 0.717) is 5.82 Å². The van der Waals surface area contributed by atoms with Crippen molar-refractivity contribution in [1.82, 2.24) is 4.98 Å².